The first-order valence-electron chi connectivity index (χ1n) is 13.7. The van der Waals surface area contributed by atoms with Crippen LogP contribution < -0.4 is 0 Å². The third-order valence-electron chi connectivity index (χ3n) is 6.96. The van der Waals surface area contributed by atoms with Crippen LogP contribution in [0.25, 0.3) is 22.6 Å². The van der Waals surface area contributed by atoms with E-state index in [1.165, 1.54) is 0 Å². The van der Waals surface area contributed by atoms with E-state index in [1.807, 2.05) is 54.3 Å². The molecular formula is C32H34ClF4N3. The Morgan fingerprint density at radius 3 is 2.17 bits per heavy atom. The van der Waals surface area contributed by atoms with Crippen LogP contribution >= 0.6 is 11.6 Å². The Morgan fingerprint density at radius 1 is 0.825 bits per heavy atom. The fourth-order valence-electron chi connectivity index (χ4n) is 4.87. The zero-order valence-corrected chi connectivity index (χ0v) is 23.6. The van der Waals surface area contributed by atoms with Crippen molar-refractivity contribution in [2.24, 2.45) is 0 Å². The maximum Gasteiger partial charge on any atom is 0.416 e. The van der Waals surface area contributed by atoms with Gasteiger partial charge in [0.05, 0.1) is 17.0 Å². The van der Waals surface area contributed by atoms with E-state index in [0.717, 1.165) is 72.2 Å². The summed E-state index contributed by atoms with van der Waals surface area (Å²) < 4.78 is 58.7. The van der Waals surface area contributed by atoms with Gasteiger partial charge in [0.1, 0.15) is 11.6 Å². The quantitative estimate of drug-likeness (QED) is 0.158. The topological polar surface area (TPSA) is 21.1 Å². The van der Waals surface area contributed by atoms with E-state index < -0.39 is 17.6 Å². The molecule has 0 saturated heterocycles. The summed E-state index contributed by atoms with van der Waals surface area (Å²) in [6.45, 7) is 5.51. The molecule has 0 amide bonds. The SMILES string of the molecule is CCCCN(Cc1c(F)cccc1C(F)(F)F)Cc1c(-c2ccc(Cl)cc2)nc(-c2ccccc2)n1CCCC. The normalized spacial score (nSPS) is 11.9. The molecule has 0 aliphatic heterocycles. The van der Waals surface area contributed by atoms with E-state index in [1.54, 1.807) is 12.1 Å². The third-order valence-corrected chi connectivity index (χ3v) is 7.22. The van der Waals surface area contributed by atoms with Gasteiger partial charge in [0.15, 0.2) is 0 Å². The van der Waals surface area contributed by atoms with Gasteiger partial charge in [-0.25, -0.2) is 9.37 Å². The lowest BCUT2D eigenvalue weighted by molar-refractivity contribution is -0.138. The molecule has 40 heavy (non-hydrogen) atoms. The molecule has 0 aliphatic carbocycles. The van der Waals surface area contributed by atoms with Crippen LogP contribution in [0, 0.1) is 5.82 Å². The van der Waals surface area contributed by atoms with Crippen molar-refractivity contribution in [3.63, 3.8) is 0 Å². The number of hydrogen-bond acceptors (Lipinski definition) is 2. The van der Waals surface area contributed by atoms with Crippen molar-refractivity contribution >= 4 is 11.6 Å². The molecule has 4 rings (SSSR count). The molecule has 0 radical (unpaired) electrons. The molecule has 0 spiro atoms. The van der Waals surface area contributed by atoms with Crippen LogP contribution in [0.5, 0.6) is 0 Å². The molecule has 0 saturated carbocycles. The molecule has 8 heteroatoms. The number of halogens is 5. The van der Waals surface area contributed by atoms with Crippen LogP contribution in [0.2, 0.25) is 5.02 Å². The van der Waals surface area contributed by atoms with Crippen LogP contribution in [0.15, 0.2) is 72.8 Å². The largest absolute Gasteiger partial charge is 0.416 e. The molecule has 0 atom stereocenters. The van der Waals surface area contributed by atoms with Crippen LogP contribution in [-0.4, -0.2) is 21.0 Å². The van der Waals surface area contributed by atoms with Crippen LogP contribution in [0.3, 0.4) is 0 Å². The summed E-state index contributed by atoms with van der Waals surface area (Å²) in [4.78, 5) is 6.99. The average Bonchev–Trinajstić information content (AvgIpc) is 3.29. The maximum atomic E-state index is 14.9. The number of alkyl halides is 3. The minimum atomic E-state index is -4.65. The number of rotatable bonds is 12. The first kappa shape index (κ1) is 29.8. The van der Waals surface area contributed by atoms with Gasteiger partial charge >= 0.3 is 6.18 Å². The van der Waals surface area contributed by atoms with Gasteiger partial charge in [-0.1, -0.05) is 86.8 Å². The molecular weight excluding hydrogens is 538 g/mol. The smallest absolute Gasteiger partial charge is 0.326 e. The van der Waals surface area contributed by atoms with E-state index in [9.17, 15) is 17.6 Å². The van der Waals surface area contributed by atoms with E-state index in [4.69, 9.17) is 16.6 Å². The molecule has 212 valence electrons. The second-order valence-corrected chi connectivity index (χ2v) is 10.4. The highest BCUT2D eigenvalue weighted by Gasteiger charge is 2.35. The Kier molecular flexibility index (Phi) is 10.0. The lowest BCUT2D eigenvalue weighted by Gasteiger charge is -2.26. The van der Waals surface area contributed by atoms with E-state index in [2.05, 4.69) is 11.5 Å². The number of imidazole rings is 1. The van der Waals surface area contributed by atoms with Crippen LogP contribution in [0.1, 0.15) is 56.4 Å². The molecule has 3 nitrogen and oxygen atoms in total. The standard InChI is InChI=1S/C32H34ClF4N3/c1-3-5-19-39(21-26-27(32(35,36)37)13-10-14-28(26)34)22-29-30(23-15-17-25(33)18-16-23)38-31(40(29)20-6-4-2)24-11-8-7-9-12-24/h7-18H,3-6,19-22H2,1-2H3. The van der Waals surface area contributed by atoms with Gasteiger partial charge < -0.3 is 4.57 Å². The minimum absolute atomic E-state index is 0.165. The summed E-state index contributed by atoms with van der Waals surface area (Å²) in [6, 6.07) is 20.5. The van der Waals surface area contributed by atoms with Gasteiger partial charge in [-0.15, -0.1) is 0 Å². The van der Waals surface area contributed by atoms with Gasteiger partial charge in [0, 0.05) is 41.3 Å². The van der Waals surface area contributed by atoms with Gasteiger partial charge in [-0.05, 0) is 43.7 Å². The monoisotopic (exact) mass is 571 g/mol. The first-order chi connectivity index (χ1) is 19.2. The van der Waals surface area contributed by atoms with Gasteiger partial charge in [0.2, 0.25) is 0 Å². The summed E-state index contributed by atoms with van der Waals surface area (Å²) >= 11 is 6.18. The summed E-state index contributed by atoms with van der Waals surface area (Å²) in [6.07, 6.45) is -1.16. The third kappa shape index (κ3) is 7.12. The van der Waals surface area contributed by atoms with Crippen molar-refractivity contribution in [1.82, 2.24) is 14.5 Å². The second-order valence-electron chi connectivity index (χ2n) is 9.94. The predicted molar refractivity (Wildman–Crippen MR) is 153 cm³/mol. The molecule has 0 aliphatic rings. The van der Waals surface area contributed by atoms with Gasteiger partial charge in [-0.2, -0.15) is 13.2 Å². The Balaban J connectivity index is 1.85. The number of unbranched alkanes of at least 4 members (excludes halogenated alkanes) is 2. The number of hydrogen-bond donors (Lipinski definition) is 0. The highest BCUT2D eigenvalue weighted by molar-refractivity contribution is 6.30. The number of nitrogens with zero attached hydrogens (tertiary/aromatic N) is 3. The maximum absolute atomic E-state index is 14.9. The highest BCUT2D eigenvalue weighted by Crippen LogP contribution is 2.35. The first-order valence-corrected chi connectivity index (χ1v) is 14.1. The Morgan fingerprint density at radius 2 is 1.52 bits per heavy atom. The van der Waals surface area contributed by atoms with Gasteiger partial charge in [0.25, 0.3) is 0 Å². The van der Waals surface area contributed by atoms with Crippen molar-refractivity contribution in [3.05, 3.63) is 100 Å². The van der Waals surface area contributed by atoms with Crippen LogP contribution in [0.4, 0.5) is 17.6 Å². The summed E-state index contributed by atoms with van der Waals surface area (Å²) in [5, 5.41) is 0.600. The van der Waals surface area contributed by atoms with Crippen molar-refractivity contribution < 1.29 is 17.6 Å². The van der Waals surface area contributed by atoms with E-state index >= 15 is 0 Å². The fourth-order valence-corrected chi connectivity index (χ4v) is 4.99. The summed E-state index contributed by atoms with van der Waals surface area (Å²) in [5.74, 6) is -0.0509. The lowest BCUT2D eigenvalue weighted by Crippen LogP contribution is -2.28. The highest BCUT2D eigenvalue weighted by atomic mass is 35.5. The average molecular weight is 572 g/mol. The zero-order chi connectivity index (χ0) is 28.7. The van der Waals surface area contributed by atoms with E-state index in [0.29, 0.717) is 24.7 Å². The molecule has 0 unspecified atom stereocenters. The number of aromatic nitrogens is 2. The van der Waals surface area contributed by atoms with E-state index in [-0.39, 0.29) is 12.1 Å². The van der Waals surface area contributed by atoms with Crippen molar-refractivity contribution in [1.29, 1.82) is 0 Å². The zero-order valence-electron chi connectivity index (χ0n) is 22.8. The lowest BCUT2D eigenvalue weighted by atomic mass is 10.0. The van der Waals surface area contributed by atoms with Crippen molar-refractivity contribution in [3.8, 4) is 22.6 Å². The Hall–Kier alpha value is -3.16. The Labute approximate surface area is 238 Å². The molecule has 1 heterocycles. The molecule has 3 aromatic carbocycles. The molecule has 1 aromatic heterocycles. The van der Waals surface area contributed by atoms with Gasteiger partial charge in [-0.3, -0.25) is 4.90 Å². The van der Waals surface area contributed by atoms with Crippen molar-refractivity contribution in [2.45, 2.75) is 65.3 Å². The van der Waals surface area contributed by atoms with Crippen molar-refractivity contribution in [2.75, 3.05) is 6.54 Å². The number of benzene rings is 3. The molecule has 0 N–H and O–H groups in total. The predicted octanol–water partition coefficient (Wildman–Crippen LogP) is 9.63. The Bertz CT molecular complexity index is 1380. The second kappa shape index (κ2) is 13.5. The summed E-state index contributed by atoms with van der Waals surface area (Å²) in [7, 11) is 0. The van der Waals surface area contributed by atoms with Crippen LogP contribution in [-0.2, 0) is 25.8 Å². The fraction of sp³-hybridized carbons (Fsp3) is 0.344. The molecule has 0 bridgehead atoms. The molecule has 0 fully saturated rings. The molecule has 4 aromatic rings. The minimum Gasteiger partial charge on any atom is -0.326 e. The summed E-state index contributed by atoms with van der Waals surface area (Å²) in [5.41, 5.74) is 2.18.